The van der Waals surface area contributed by atoms with Gasteiger partial charge >= 0.3 is 0 Å². The van der Waals surface area contributed by atoms with E-state index in [2.05, 4.69) is 26.2 Å². The van der Waals surface area contributed by atoms with Gasteiger partial charge in [0.15, 0.2) is 5.82 Å². The van der Waals surface area contributed by atoms with Crippen LogP contribution in [0.15, 0.2) is 42.5 Å². The average molecular weight is 377 g/mol. The van der Waals surface area contributed by atoms with Crippen LogP contribution in [-0.4, -0.2) is 32.7 Å². The van der Waals surface area contributed by atoms with Crippen LogP contribution in [0.1, 0.15) is 0 Å². The predicted molar refractivity (Wildman–Crippen MR) is 97.8 cm³/mol. The third-order valence-corrected chi connectivity index (χ3v) is 4.24. The van der Waals surface area contributed by atoms with E-state index < -0.39 is 0 Å². The first-order valence-electron chi connectivity index (χ1n) is 7.35. The van der Waals surface area contributed by atoms with E-state index in [1.807, 2.05) is 24.3 Å². The van der Waals surface area contributed by atoms with Crippen molar-refractivity contribution in [3.63, 3.8) is 0 Å². The molecule has 1 heterocycles. The SMILES string of the molecule is Cn1nnnc1-c1cccc(NCC(=O)Nc2cccc(Cl)c2Cl)c1. The fraction of sp³-hybridized carbons (Fsp3) is 0.125. The Morgan fingerprint density at radius 1 is 1.20 bits per heavy atom. The van der Waals surface area contributed by atoms with E-state index in [0.29, 0.717) is 21.6 Å². The maximum atomic E-state index is 12.1. The average Bonchev–Trinajstić information content (AvgIpc) is 3.03. The molecule has 0 aliphatic heterocycles. The summed E-state index contributed by atoms with van der Waals surface area (Å²) in [5, 5.41) is 17.9. The lowest BCUT2D eigenvalue weighted by Crippen LogP contribution is -2.21. The Morgan fingerprint density at radius 2 is 2.00 bits per heavy atom. The molecule has 25 heavy (non-hydrogen) atoms. The lowest BCUT2D eigenvalue weighted by Gasteiger charge is -2.10. The summed E-state index contributed by atoms with van der Waals surface area (Å²) >= 11 is 12.0. The minimum Gasteiger partial charge on any atom is -0.376 e. The number of nitrogens with zero attached hydrogens (tertiary/aromatic N) is 4. The largest absolute Gasteiger partial charge is 0.376 e. The second-order valence-electron chi connectivity index (χ2n) is 5.21. The topological polar surface area (TPSA) is 84.7 Å². The molecule has 0 saturated carbocycles. The van der Waals surface area contributed by atoms with Crippen molar-refractivity contribution in [2.24, 2.45) is 7.05 Å². The van der Waals surface area contributed by atoms with Crippen molar-refractivity contribution in [1.82, 2.24) is 20.2 Å². The number of aryl methyl sites for hydroxylation is 1. The number of carbonyl (C=O) groups is 1. The number of carbonyl (C=O) groups excluding carboxylic acids is 1. The Morgan fingerprint density at radius 3 is 2.76 bits per heavy atom. The number of rotatable bonds is 5. The molecule has 1 aromatic heterocycles. The van der Waals surface area contributed by atoms with Crippen LogP contribution in [0.3, 0.4) is 0 Å². The number of aromatic nitrogens is 4. The fourth-order valence-corrected chi connectivity index (χ4v) is 2.57. The maximum Gasteiger partial charge on any atom is 0.243 e. The highest BCUT2D eigenvalue weighted by Crippen LogP contribution is 2.29. The van der Waals surface area contributed by atoms with Gasteiger partial charge in [0.25, 0.3) is 0 Å². The smallest absolute Gasteiger partial charge is 0.243 e. The predicted octanol–water partition coefficient (Wildman–Crippen LogP) is 3.23. The standard InChI is InChI=1S/C16H14Cl2N6O/c1-24-16(21-22-23-24)10-4-2-5-11(8-10)19-9-14(25)20-13-7-3-6-12(17)15(13)18/h2-8,19H,9H2,1H3,(H,20,25). The van der Waals surface area contributed by atoms with Gasteiger partial charge in [-0.25, -0.2) is 4.68 Å². The zero-order valence-corrected chi connectivity index (χ0v) is 14.7. The molecule has 0 fully saturated rings. The van der Waals surface area contributed by atoms with Crippen LogP contribution in [0.2, 0.25) is 10.0 Å². The Hall–Kier alpha value is -2.64. The fourth-order valence-electron chi connectivity index (χ4n) is 2.22. The van der Waals surface area contributed by atoms with E-state index in [1.54, 1.807) is 29.9 Å². The minimum atomic E-state index is -0.241. The first-order chi connectivity index (χ1) is 12.0. The van der Waals surface area contributed by atoms with Crippen LogP contribution in [0.4, 0.5) is 11.4 Å². The summed E-state index contributed by atoms with van der Waals surface area (Å²) < 4.78 is 1.58. The first-order valence-corrected chi connectivity index (χ1v) is 8.10. The van der Waals surface area contributed by atoms with Crippen LogP contribution in [-0.2, 0) is 11.8 Å². The number of benzene rings is 2. The third kappa shape index (κ3) is 4.07. The van der Waals surface area contributed by atoms with E-state index >= 15 is 0 Å². The van der Waals surface area contributed by atoms with Gasteiger partial charge in [0.05, 0.1) is 22.3 Å². The summed E-state index contributed by atoms with van der Waals surface area (Å²) in [5.41, 5.74) is 2.09. The van der Waals surface area contributed by atoms with Gasteiger partial charge < -0.3 is 10.6 Å². The molecule has 0 radical (unpaired) electrons. The van der Waals surface area contributed by atoms with Gasteiger partial charge in [-0.05, 0) is 34.7 Å². The van der Waals surface area contributed by atoms with Crippen molar-refractivity contribution in [3.05, 3.63) is 52.5 Å². The minimum absolute atomic E-state index is 0.0728. The molecule has 2 N–H and O–H groups in total. The monoisotopic (exact) mass is 376 g/mol. The second-order valence-corrected chi connectivity index (χ2v) is 6.00. The van der Waals surface area contributed by atoms with Gasteiger partial charge in [0.1, 0.15) is 0 Å². The normalized spacial score (nSPS) is 10.5. The number of tetrazole rings is 1. The number of hydrogen-bond acceptors (Lipinski definition) is 5. The zero-order valence-electron chi connectivity index (χ0n) is 13.2. The summed E-state index contributed by atoms with van der Waals surface area (Å²) in [4.78, 5) is 12.1. The van der Waals surface area contributed by atoms with Crippen LogP contribution < -0.4 is 10.6 Å². The number of nitrogens with one attached hydrogen (secondary N) is 2. The molecular formula is C16H14Cl2N6O. The number of hydrogen-bond donors (Lipinski definition) is 2. The van der Waals surface area contributed by atoms with Gasteiger partial charge in [0.2, 0.25) is 5.91 Å². The summed E-state index contributed by atoms with van der Waals surface area (Å²) in [5.74, 6) is 0.397. The Labute approximate surface area is 153 Å². The summed E-state index contributed by atoms with van der Waals surface area (Å²) in [6, 6.07) is 12.5. The van der Waals surface area contributed by atoms with Crippen molar-refractivity contribution in [1.29, 1.82) is 0 Å². The summed E-state index contributed by atoms with van der Waals surface area (Å²) in [6.45, 7) is 0.0728. The summed E-state index contributed by atoms with van der Waals surface area (Å²) in [7, 11) is 1.76. The highest BCUT2D eigenvalue weighted by atomic mass is 35.5. The van der Waals surface area contributed by atoms with Crippen molar-refractivity contribution >= 4 is 40.5 Å². The van der Waals surface area contributed by atoms with Crippen molar-refractivity contribution in [2.45, 2.75) is 0 Å². The van der Waals surface area contributed by atoms with Crippen LogP contribution in [0.5, 0.6) is 0 Å². The lowest BCUT2D eigenvalue weighted by atomic mass is 10.2. The van der Waals surface area contributed by atoms with Crippen LogP contribution in [0, 0.1) is 0 Å². The molecule has 0 bridgehead atoms. The molecule has 0 saturated heterocycles. The molecule has 3 rings (SSSR count). The Bertz CT molecular complexity index is 911. The molecule has 1 amide bonds. The molecule has 7 nitrogen and oxygen atoms in total. The van der Waals surface area contributed by atoms with Crippen molar-refractivity contribution < 1.29 is 4.79 Å². The van der Waals surface area contributed by atoms with Gasteiger partial charge in [0, 0.05) is 18.3 Å². The van der Waals surface area contributed by atoms with Crippen LogP contribution >= 0.6 is 23.2 Å². The Kier molecular flexibility index (Phi) is 5.16. The molecule has 0 aliphatic rings. The lowest BCUT2D eigenvalue weighted by molar-refractivity contribution is -0.114. The Balaban J connectivity index is 1.65. The van der Waals surface area contributed by atoms with Crippen molar-refractivity contribution in [2.75, 3.05) is 17.2 Å². The molecule has 0 spiro atoms. The van der Waals surface area contributed by atoms with Gasteiger partial charge in [-0.3, -0.25) is 4.79 Å². The quantitative estimate of drug-likeness (QED) is 0.713. The highest BCUT2D eigenvalue weighted by Gasteiger charge is 2.09. The molecule has 0 unspecified atom stereocenters. The molecule has 3 aromatic rings. The van der Waals surface area contributed by atoms with Gasteiger partial charge in [-0.1, -0.05) is 41.4 Å². The number of amides is 1. The van der Waals surface area contributed by atoms with Crippen LogP contribution in [0.25, 0.3) is 11.4 Å². The molecule has 128 valence electrons. The second kappa shape index (κ2) is 7.50. The molecule has 0 atom stereocenters. The van der Waals surface area contributed by atoms with E-state index in [-0.39, 0.29) is 12.5 Å². The van der Waals surface area contributed by atoms with Gasteiger partial charge in [-0.15, -0.1) is 5.10 Å². The van der Waals surface area contributed by atoms with E-state index in [9.17, 15) is 4.79 Å². The van der Waals surface area contributed by atoms with E-state index in [1.165, 1.54) is 0 Å². The number of anilines is 2. The molecular weight excluding hydrogens is 363 g/mol. The molecule has 9 heteroatoms. The molecule has 0 aliphatic carbocycles. The molecule has 2 aromatic carbocycles. The summed E-state index contributed by atoms with van der Waals surface area (Å²) in [6.07, 6.45) is 0. The first kappa shape index (κ1) is 17.2. The van der Waals surface area contributed by atoms with E-state index in [0.717, 1.165) is 11.3 Å². The van der Waals surface area contributed by atoms with Gasteiger partial charge in [-0.2, -0.15) is 0 Å². The van der Waals surface area contributed by atoms with Crippen molar-refractivity contribution in [3.8, 4) is 11.4 Å². The van der Waals surface area contributed by atoms with E-state index in [4.69, 9.17) is 23.2 Å². The number of halogens is 2. The third-order valence-electron chi connectivity index (χ3n) is 3.42. The maximum absolute atomic E-state index is 12.1. The zero-order chi connectivity index (χ0) is 17.8. The highest BCUT2D eigenvalue weighted by molar-refractivity contribution is 6.44.